The first-order chi connectivity index (χ1) is 12.9. The highest BCUT2D eigenvalue weighted by molar-refractivity contribution is 8.09. The summed E-state index contributed by atoms with van der Waals surface area (Å²) in [6, 6.07) is 7.07. The minimum Gasteiger partial charge on any atom is -0.218 e. The van der Waals surface area contributed by atoms with Crippen molar-refractivity contribution in [1.82, 2.24) is 0 Å². The van der Waals surface area contributed by atoms with E-state index in [2.05, 4.69) is 6.58 Å². The molecule has 0 fully saturated rings. The summed E-state index contributed by atoms with van der Waals surface area (Å²) in [6.07, 6.45) is -0.143. The second-order valence-corrected chi connectivity index (χ2v) is 16.4. The molecule has 1 aromatic rings. The van der Waals surface area contributed by atoms with Crippen molar-refractivity contribution in [2.24, 2.45) is 0 Å². The monoisotopic (exact) mass is 482 g/mol. The predicted octanol–water partition coefficient (Wildman–Crippen LogP) is 4.22. The van der Waals surface area contributed by atoms with Gasteiger partial charge < -0.3 is 0 Å². The second-order valence-electron chi connectivity index (χ2n) is 7.01. The number of benzene rings is 1. The van der Waals surface area contributed by atoms with Gasteiger partial charge in [0.1, 0.15) is 0 Å². The van der Waals surface area contributed by atoms with Gasteiger partial charge >= 0.3 is 11.0 Å². The molecule has 0 N–H and O–H groups in total. The normalized spacial score (nSPS) is 14.2. The predicted molar refractivity (Wildman–Crippen MR) is 101 cm³/mol. The number of rotatable bonds is 8. The Balaban J connectivity index is 3.14. The van der Waals surface area contributed by atoms with Crippen LogP contribution in [-0.4, -0.2) is 40.5 Å². The summed E-state index contributed by atoms with van der Waals surface area (Å²) in [5, 5.41) is 0.831. The van der Waals surface area contributed by atoms with Gasteiger partial charge in [0.15, 0.2) is 4.58 Å². The third-order valence-corrected chi connectivity index (χ3v) is 12.7. The Hall–Kier alpha value is -1.34. The lowest BCUT2D eigenvalue weighted by Crippen LogP contribution is -2.45. The molecule has 0 aliphatic heterocycles. The topological polar surface area (TPSA) is 68.3 Å². The first kappa shape index (κ1) is 25.7. The smallest absolute Gasteiger partial charge is 0.218 e. The van der Waals surface area contributed by atoms with E-state index >= 15 is 0 Å². The number of hydrogen-bond acceptors (Lipinski definition) is 4. The quantitative estimate of drug-likeness (QED) is 0.411. The standard InChI is InChI=1S/C16H20F6O4S2Si/c1-4-12-7-9-13(10-8-12)29(2,3)11-5-6-14(27(23,24)15(17,18)19)28(25,26)16(20,21)22/h4,7-10,14H,1,5-6,11H2,2-3H3. The lowest BCUT2D eigenvalue weighted by Gasteiger charge is -2.25. The first-order valence-electron chi connectivity index (χ1n) is 8.21. The molecule has 0 saturated carbocycles. The van der Waals surface area contributed by atoms with Crippen molar-refractivity contribution in [3.63, 3.8) is 0 Å². The molecule has 0 saturated heterocycles. The molecule has 0 aliphatic carbocycles. The summed E-state index contributed by atoms with van der Waals surface area (Å²) in [5.74, 6) is 0. The van der Waals surface area contributed by atoms with Crippen LogP contribution in [0.2, 0.25) is 19.1 Å². The van der Waals surface area contributed by atoms with Crippen LogP contribution in [-0.2, 0) is 19.7 Å². The average Bonchev–Trinajstić information content (AvgIpc) is 2.56. The maximum Gasteiger partial charge on any atom is 0.498 e. The van der Waals surface area contributed by atoms with E-state index in [1.165, 1.54) is 0 Å². The van der Waals surface area contributed by atoms with E-state index in [9.17, 15) is 43.2 Å². The maximum atomic E-state index is 12.8. The third kappa shape index (κ3) is 5.63. The van der Waals surface area contributed by atoms with Gasteiger partial charge in [0.2, 0.25) is 0 Å². The van der Waals surface area contributed by atoms with E-state index in [-0.39, 0.29) is 6.04 Å². The van der Waals surface area contributed by atoms with Crippen molar-refractivity contribution in [1.29, 1.82) is 0 Å². The number of alkyl halides is 6. The van der Waals surface area contributed by atoms with Gasteiger partial charge in [-0.1, -0.05) is 67.7 Å². The third-order valence-electron chi connectivity index (χ3n) is 4.51. The molecule has 0 aliphatic rings. The molecule has 0 amide bonds. The Labute approximate surface area is 166 Å². The Morgan fingerprint density at radius 1 is 0.931 bits per heavy atom. The number of hydrogen-bond donors (Lipinski definition) is 0. The van der Waals surface area contributed by atoms with Gasteiger partial charge in [-0.05, 0) is 12.0 Å². The zero-order chi connectivity index (χ0) is 22.9. The van der Waals surface area contributed by atoms with Crippen molar-refractivity contribution in [3.05, 3.63) is 36.4 Å². The van der Waals surface area contributed by atoms with E-state index in [0.717, 1.165) is 10.8 Å². The summed E-state index contributed by atoms with van der Waals surface area (Å²) in [5.41, 5.74) is -11.4. The lowest BCUT2D eigenvalue weighted by atomic mass is 10.2. The van der Waals surface area contributed by atoms with Gasteiger partial charge in [-0.15, -0.1) is 0 Å². The molecule has 13 heteroatoms. The van der Waals surface area contributed by atoms with Gasteiger partial charge in [0.05, 0.1) is 8.07 Å². The van der Waals surface area contributed by atoms with Gasteiger partial charge in [0.25, 0.3) is 19.7 Å². The number of halogens is 6. The van der Waals surface area contributed by atoms with E-state index in [1.54, 1.807) is 43.4 Å². The minimum atomic E-state index is -6.57. The van der Waals surface area contributed by atoms with Crippen molar-refractivity contribution >= 4 is 39.0 Å². The van der Waals surface area contributed by atoms with Gasteiger partial charge in [-0.25, -0.2) is 16.8 Å². The average molecular weight is 483 g/mol. The van der Waals surface area contributed by atoms with Crippen molar-refractivity contribution in [2.75, 3.05) is 0 Å². The summed E-state index contributed by atoms with van der Waals surface area (Å²) >= 11 is 0. The van der Waals surface area contributed by atoms with Crippen LogP contribution in [0.5, 0.6) is 0 Å². The van der Waals surface area contributed by atoms with Gasteiger partial charge in [-0.3, -0.25) is 0 Å². The fraction of sp³-hybridized carbons (Fsp3) is 0.500. The summed E-state index contributed by atoms with van der Waals surface area (Å²) in [4.78, 5) is 0. The Morgan fingerprint density at radius 3 is 1.69 bits per heavy atom. The Morgan fingerprint density at radius 2 is 1.34 bits per heavy atom. The Kier molecular flexibility index (Phi) is 7.46. The SMILES string of the molecule is C=Cc1ccc([Si](C)(C)CCCC(S(=O)(=O)C(F)(F)F)S(=O)(=O)C(F)(F)F)cc1. The molecule has 0 heterocycles. The summed E-state index contributed by atoms with van der Waals surface area (Å²) in [7, 11) is -15.5. The molecule has 0 atom stereocenters. The largest absolute Gasteiger partial charge is 0.498 e. The van der Waals surface area contributed by atoms with Crippen LogP contribution in [0.25, 0.3) is 6.08 Å². The first-order valence-corrected chi connectivity index (χ1v) is 14.5. The van der Waals surface area contributed by atoms with Gasteiger partial charge in [0, 0.05) is 0 Å². The van der Waals surface area contributed by atoms with Crippen LogP contribution in [0.4, 0.5) is 26.3 Å². The fourth-order valence-corrected chi connectivity index (χ4v) is 8.69. The molecule has 1 aromatic carbocycles. The van der Waals surface area contributed by atoms with Crippen molar-refractivity contribution in [2.45, 2.75) is 47.6 Å². The van der Waals surface area contributed by atoms with Crippen LogP contribution in [0.1, 0.15) is 18.4 Å². The van der Waals surface area contributed by atoms with Crippen LogP contribution in [0, 0.1) is 0 Å². The molecule has 0 unspecified atom stereocenters. The van der Waals surface area contributed by atoms with E-state index in [0.29, 0.717) is 0 Å². The highest BCUT2D eigenvalue weighted by Gasteiger charge is 2.62. The zero-order valence-electron chi connectivity index (χ0n) is 15.5. The maximum absolute atomic E-state index is 12.8. The molecule has 1 rings (SSSR count). The van der Waals surface area contributed by atoms with Crippen molar-refractivity contribution in [3.8, 4) is 0 Å². The second kappa shape index (κ2) is 8.42. The van der Waals surface area contributed by atoms with Gasteiger partial charge in [-0.2, -0.15) is 26.3 Å². The summed E-state index contributed by atoms with van der Waals surface area (Å²) < 4.78 is 119. The van der Waals surface area contributed by atoms with E-state index < -0.39 is 56.2 Å². The highest BCUT2D eigenvalue weighted by Crippen LogP contribution is 2.38. The fourth-order valence-electron chi connectivity index (χ4n) is 2.70. The highest BCUT2D eigenvalue weighted by atomic mass is 32.3. The Bertz CT molecular complexity index is 889. The minimum absolute atomic E-state index is 0.0949. The molecule has 0 spiro atoms. The summed E-state index contributed by atoms with van der Waals surface area (Å²) in [6.45, 7) is 7.18. The zero-order valence-corrected chi connectivity index (χ0v) is 18.1. The molecular formula is C16H20F6O4S2Si. The van der Waals surface area contributed by atoms with Crippen LogP contribution < -0.4 is 5.19 Å². The molecule has 0 radical (unpaired) electrons. The molecular weight excluding hydrogens is 462 g/mol. The lowest BCUT2D eigenvalue weighted by molar-refractivity contribution is -0.0472. The molecule has 4 nitrogen and oxygen atoms in total. The molecule has 0 bridgehead atoms. The van der Waals surface area contributed by atoms with E-state index in [4.69, 9.17) is 0 Å². The van der Waals surface area contributed by atoms with Crippen LogP contribution in [0.15, 0.2) is 30.8 Å². The van der Waals surface area contributed by atoms with E-state index in [1.807, 2.05) is 0 Å². The number of sulfone groups is 2. The molecule has 0 aromatic heterocycles. The van der Waals surface area contributed by atoms with Crippen LogP contribution in [0.3, 0.4) is 0 Å². The molecule has 29 heavy (non-hydrogen) atoms. The van der Waals surface area contributed by atoms with Crippen LogP contribution >= 0.6 is 0 Å². The molecule has 166 valence electrons. The van der Waals surface area contributed by atoms with Crippen molar-refractivity contribution < 1.29 is 43.2 Å².